The Morgan fingerprint density at radius 2 is 2.00 bits per heavy atom. The Bertz CT molecular complexity index is 1250. The molecule has 1 aliphatic rings. The molecule has 1 saturated heterocycles. The van der Waals surface area contributed by atoms with Crippen molar-refractivity contribution in [3.8, 4) is 22.4 Å². The van der Waals surface area contributed by atoms with Crippen LogP contribution in [0, 0.1) is 0 Å². The molecule has 3 aromatic heterocycles. The zero-order valence-electron chi connectivity index (χ0n) is 16.4. The van der Waals surface area contributed by atoms with Crippen molar-refractivity contribution in [3.05, 3.63) is 65.2 Å². The van der Waals surface area contributed by atoms with Crippen LogP contribution in [0.3, 0.4) is 0 Å². The lowest BCUT2D eigenvalue weighted by Crippen LogP contribution is -2.36. The second kappa shape index (κ2) is 8.27. The molecule has 0 spiro atoms. The first kappa shape index (κ1) is 20.0. The number of aromatic nitrogens is 4. The summed E-state index contributed by atoms with van der Waals surface area (Å²) in [5, 5.41) is 11.7. The largest absolute Gasteiger partial charge is 0.383 e. The second-order valence-electron chi connectivity index (χ2n) is 7.27. The zero-order chi connectivity index (χ0) is 21.4. The molecule has 4 aromatic rings. The highest BCUT2D eigenvalue weighted by atomic mass is 79.9. The number of pyridine rings is 2. The van der Waals surface area contributed by atoms with Gasteiger partial charge in [0.25, 0.3) is 0 Å². The molecule has 31 heavy (non-hydrogen) atoms. The van der Waals surface area contributed by atoms with E-state index in [9.17, 15) is 5.21 Å². The number of anilines is 1. The van der Waals surface area contributed by atoms with E-state index in [4.69, 9.17) is 15.5 Å². The highest BCUT2D eigenvalue weighted by molar-refractivity contribution is 9.10. The van der Waals surface area contributed by atoms with Gasteiger partial charge in [0, 0.05) is 22.8 Å². The van der Waals surface area contributed by atoms with Crippen LogP contribution in [-0.4, -0.2) is 49.9 Å². The van der Waals surface area contributed by atoms with E-state index in [0.29, 0.717) is 36.5 Å². The number of nitrogen functional groups attached to an aromatic ring is 1. The lowest BCUT2D eigenvalue weighted by Gasteiger charge is -2.28. The van der Waals surface area contributed by atoms with Crippen LogP contribution in [0.15, 0.2) is 59.5 Å². The van der Waals surface area contributed by atoms with Crippen molar-refractivity contribution in [1.29, 1.82) is 0 Å². The molecular weight excluding hydrogens is 460 g/mol. The van der Waals surface area contributed by atoms with E-state index in [1.807, 2.05) is 42.5 Å². The van der Waals surface area contributed by atoms with Crippen molar-refractivity contribution >= 4 is 32.8 Å². The third-order valence-electron chi connectivity index (χ3n) is 5.23. The van der Waals surface area contributed by atoms with Gasteiger partial charge in [0.2, 0.25) is 0 Å². The van der Waals surface area contributed by atoms with Crippen molar-refractivity contribution in [1.82, 2.24) is 25.0 Å². The van der Waals surface area contributed by atoms with Gasteiger partial charge in [0.05, 0.1) is 29.9 Å². The fourth-order valence-corrected chi connectivity index (χ4v) is 4.08. The van der Waals surface area contributed by atoms with E-state index < -0.39 is 0 Å². The number of ether oxygens (including phenoxy) is 1. The lowest BCUT2D eigenvalue weighted by atomic mass is 10.00. The van der Waals surface area contributed by atoms with E-state index in [1.54, 1.807) is 6.20 Å². The third kappa shape index (κ3) is 4.00. The average molecular weight is 479 g/mol. The summed E-state index contributed by atoms with van der Waals surface area (Å²) < 4.78 is 6.69. The average Bonchev–Trinajstić information content (AvgIpc) is 2.79. The number of hydroxylamine groups is 2. The van der Waals surface area contributed by atoms with Gasteiger partial charge in [-0.1, -0.05) is 28.1 Å². The number of nitrogens with zero attached hydrogens (tertiary/aromatic N) is 5. The third-order valence-corrected chi connectivity index (χ3v) is 5.72. The molecule has 156 valence electrons. The maximum Gasteiger partial charge on any atom is 0.165 e. The van der Waals surface area contributed by atoms with Gasteiger partial charge >= 0.3 is 0 Å². The fraction of sp³-hybridized carbons (Fsp3) is 0.182. The Labute approximate surface area is 186 Å². The molecule has 0 aliphatic carbocycles. The van der Waals surface area contributed by atoms with Crippen LogP contribution in [0.4, 0.5) is 5.82 Å². The Hall–Kier alpha value is -2.98. The predicted octanol–water partition coefficient (Wildman–Crippen LogP) is 3.86. The second-order valence-corrected chi connectivity index (χ2v) is 8.18. The molecule has 1 aromatic carbocycles. The van der Waals surface area contributed by atoms with Crippen molar-refractivity contribution in [2.45, 2.75) is 6.10 Å². The van der Waals surface area contributed by atoms with Crippen LogP contribution in [0.5, 0.6) is 0 Å². The van der Waals surface area contributed by atoms with Gasteiger partial charge in [-0.3, -0.25) is 4.98 Å². The van der Waals surface area contributed by atoms with Crippen LogP contribution in [0.25, 0.3) is 33.4 Å². The van der Waals surface area contributed by atoms with Crippen molar-refractivity contribution in [2.24, 2.45) is 0 Å². The Morgan fingerprint density at radius 3 is 2.77 bits per heavy atom. The van der Waals surface area contributed by atoms with Crippen LogP contribution < -0.4 is 5.73 Å². The van der Waals surface area contributed by atoms with E-state index in [-0.39, 0.29) is 6.10 Å². The molecule has 5 rings (SSSR count). The highest BCUT2D eigenvalue weighted by Crippen LogP contribution is 2.34. The summed E-state index contributed by atoms with van der Waals surface area (Å²) in [6, 6.07) is 13.8. The quantitative estimate of drug-likeness (QED) is 0.456. The Balaban J connectivity index is 1.59. The van der Waals surface area contributed by atoms with Gasteiger partial charge in [-0.15, -0.1) is 0 Å². The van der Waals surface area contributed by atoms with E-state index in [0.717, 1.165) is 32.6 Å². The summed E-state index contributed by atoms with van der Waals surface area (Å²) in [5.74, 6) is 0.385. The maximum atomic E-state index is 9.74. The number of halogens is 1. The Morgan fingerprint density at radius 1 is 1.10 bits per heavy atom. The van der Waals surface area contributed by atoms with Crippen LogP contribution in [0.2, 0.25) is 0 Å². The molecule has 4 heterocycles. The van der Waals surface area contributed by atoms with Crippen LogP contribution >= 0.6 is 15.9 Å². The lowest BCUT2D eigenvalue weighted by molar-refractivity contribution is -0.171. The molecule has 1 fully saturated rings. The number of rotatable bonds is 3. The summed E-state index contributed by atoms with van der Waals surface area (Å²) in [5.41, 5.74) is 10.9. The van der Waals surface area contributed by atoms with Crippen LogP contribution in [0.1, 0.15) is 11.8 Å². The van der Waals surface area contributed by atoms with E-state index in [1.165, 1.54) is 11.4 Å². The highest BCUT2D eigenvalue weighted by Gasteiger charge is 2.22. The smallest absolute Gasteiger partial charge is 0.165 e. The standard InChI is InChI=1S/C22H19BrN6O2/c23-15-3-1-2-13(8-15)16-9-18(28-22-20(16)21(24)26-12-27-22)14-4-5-17(25-10-14)19-11-29(30)6-7-31-19/h1-5,8-10,12,19,30H,6-7,11H2,(H2,24,26,27,28). The minimum Gasteiger partial charge on any atom is -0.383 e. The molecule has 1 unspecified atom stereocenters. The van der Waals surface area contributed by atoms with Gasteiger partial charge in [-0.2, -0.15) is 5.06 Å². The maximum absolute atomic E-state index is 9.74. The first-order chi connectivity index (χ1) is 15.1. The van der Waals surface area contributed by atoms with Crippen LogP contribution in [-0.2, 0) is 4.74 Å². The first-order valence-corrected chi connectivity index (χ1v) is 10.6. The normalized spacial score (nSPS) is 17.2. The van der Waals surface area contributed by atoms with Gasteiger partial charge in [-0.25, -0.2) is 15.0 Å². The van der Waals surface area contributed by atoms with Gasteiger partial charge in [0.15, 0.2) is 5.65 Å². The monoisotopic (exact) mass is 478 g/mol. The summed E-state index contributed by atoms with van der Waals surface area (Å²) in [7, 11) is 0. The SMILES string of the molecule is Nc1ncnc2nc(-c3ccc(C4CN(O)CCO4)nc3)cc(-c3cccc(Br)c3)c12. The molecule has 0 amide bonds. The molecule has 1 atom stereocenters. The van der Waals surface area contributed by atoms with Gasteiger partial charge < -0.3 is 15.7 Å². The minimum absolute atomic E-state index is 0.262. The summed E-state index contributed by atoms with van der Waals surface area (Å²) in [6.07, 6.45) is 2.92. The van der Waals surface area contributed by atoms with Gasteiger partial charge in [0.1, 0.15) is 18.2 Å². The first-order valence-electron chi connectivity index (χ1n) is 9.77. The number of morpholine rings is 1. The summed E-state index contributed by atoms with van der Waals surface area (Å²) >= 11 is 3.53. The topological polar surface area (TPSA) is 110 Å². The molecule has 1 aliphatic heterocycles. The zero-order valence-corrected chi connectivity index (χ0v) is 18.0. The molecule has 0 bridgehead atoms. The molecular formula is C22H19BrN6O2. The molecule has 0 radical (unpaired) electrons. The Kier molecular flexibility index (Phi) is 5.33. The number of nitrogens with two attached hydrogens (primary N) is 1. The number of fused-ring (bicyclic) bond motifs is 1. The van der Waals surface area contributed by atoms with Crippen molar-refractivity contribution < 1.29 is 9.94 Å². The van der Waals surface area contributed by atoms with Crippen molar-refractivity contribution in [2.75, 3.05) is 25.4 Å². The molecule has 3 N–H and O–H groups in total. The number of hydrogen-bond donors (Lipinski definition) is 2. The minimum atomic E-state index is -0.262. The summed E-state index contributed by atoms with van der Waals surface area (Å²) in [4.78, 5) is 17.8. The molecule has 0 saturated carbocycles. The summed E-state index contributed by atoms with van der Waals surface area (Å²) in [6.45, 7) is 1.36. The predicted molar refractivity (Wildman–Crippen MR) is 120 cm³/mol. The van der Waals surface area contributed by atoms with E-state index in [2.05, 4.69) is 30.9 Å². The molecule has 9 heteroatoms. The van der Waals surface area contributed by atoms with Crippen molar-refractivity contribution in [3.63, 3.8) is 0 Å². The molecule has 8 nitrogen and oxygen atoms in total. The van der Waals surface area contributed by atoms with Gasteiger partial charge in [-0.05, 0) is 41.5 Å². The fourth-order valence-electron chi connectivity index (χ4n) is 3.68. The number of hydrogen-bond acceptors (Lipinski definition) is 8. The number of benzene rings is 1. The van der Waals surface area contributed by atoms with E-state index >= 15 is 0 Å².